The van der Waals surface area contributed by atoms with E-state index in [-0.39, 0.29) is 5.91 Å². The Labute approximate surface area is 154 Å². The molecule has 134 valence electrons. The van der Waals surface area contributed by atoms with E-state index in [1.165, 1.54) is 43.9 Å². The van der Waals surface area contributed by atoms with Crippen LogP contribution in [0.1, 0.15) is 51.3 Å². The first-order valence-electron chi connectivity index (χ1n) is 9.41. The molecule has 0 spiro atoms. The Kier molecular flexibility index (Phi) is 6.68. The highest BCUT2D eigenvalue weighted by atomic mass is 32.2. The van der Waals surface area contributed by atoms with Crippen LogP contribution >= 0.6 is 11.8 Å². The van der Waals surface area contributed by atoms with E-state index in [2.05, 4.69) is 12.2 Å². The Bertz CT molecular complexity index is 713. The van der Waals surface area contributed by atoms with Crippen LogP contribution in [0.15, 0.2) is 29.3 Å². The average Bonchev–Trinajstić information content (AvgIpc) is 3.16. The lowest BCUT2D eigenvalue weighted by Gasteiger charge is -2.11. The molecule has 4 nitrogen and oxygen atoms in total. The number of hydrogen-bond acceptors (Lipinski definition) is 4. The number of thioether (sulfide) groups is 1. The van der Waals surface area contributed by atoms with Crippen LogP contribution in [0.2, 0.25) is 0 Å². The molecule has 0 radical (unpaired) electrons. The minimum Gasteiger partial charge on any atom is -0.355 e. The molecule has 2 aromatic rings. The van der Waals surface area contributed by atoms with Gasteiger partial charge in [0.05, 0.1) is 11.3 Å². The second-order valence-corrected chi connectivity index (χ2v) is 7.75. The zero-order valence-corrected chi connectivity index (χ0v) is 15.8. The standard InChI is InChI=1S/C20H27N3OS/c1-2-13-21-19(24)14-25-20-16-9-5-6-10-17(16)22-18(23-20)12-11-15-7-3-4-8-15/h5-6,9-10,15H,2-4,7-8,11-14H2,1H3,(H,21,24). The lowest BCUT2D eigenvalue weighted by atomic mass is 10.0. The summed E-state index contributed by atoms with van der Waals surface area (Å²) in [6.45, 7) is 2.79. The maximum absolute atomic E-state index is 11.9. The molecule has 1 N–H and O–H groups in total. The number of para-hydroxylation sites is 1. The molecule has 3 rings (SSSR count). The molecule has 0 unspecified atom stereocenters. The van der Waals surface area contributed by atoms with Gasteiger partial charge in [-0.2, -0.15) is 0 Å². The summed E-state index contributed by atoms with van der Waals surface area (Å²) >= 11 is 1.52. The van der Waals surface area contributed by atoms with Gasteiger partial charge in [-0.15, -0.1) is 0 Å². The molecule has 1 aromatic carbocycles. The van der Waals surface area contributed by atoms with Gasteiger partial charge in [0.15, 0.2) is 0 Å². The number of benzene rings is 1. The third-order valence-corrected chi connectivity index (χ3v) is 5.77. The number of fused-ring (bicyclic) bond motifs is 1. The van der Waals surface area contributed by atoms with Gasteiger partial charge in [-0.3, -0.25) is 4.79 Å². The van der Waals surface area contributed by atoms with Gasteiger partial charge in [-0.05, 0) is 24.8 Å². The number of carbonyl (C=O) groups is 1. The number of nitrogens with one attached hydrogen (secondary N) is 1. The van der Waals surface area contributed by atoms with Crippen molar-refractivity contribution in [2.45, 2.75) is 56.9 Å². The van der Waals surface area contributed by atoms with Gasteiger partial charge in [0.2, 0.25) is 5.91 Å². The van der Waals surface area contributed by atoms with Crippen LogP contribution < -0.4 is 5.32 Å². The van der Waals surface area contributed by atoms with Crippen molar-refractivity contribution < 1.29 is 4.79 Å². The van der Waals surface area contributed by atoms with Crippen LogP contribution in [-0.4, -0.2) is 28.2 Å². The van der Waals surface area contributed by atoms with Gasteiger partial charge >= 0.3 is 0 Å². The van der Waals surface area contributed by atoms with Crippen LogP contribution in [0.4, 0.5) is 0 Å². The van der Waals surface area contributed by atoms with Gasteiger partial charge in [0, 0.05) is 18.4 Å². The average molecular weight is 358 g/mol. The van der Waals surface area contributed by atoms with Crippen LogP contribution in [0.5, 0.6) is 0 Å². The minimum atomic E-state index is 0.0713. The van der Waals surface area contributed by atoms with E-state index >= 15 is 0 Å². The zero-order chi connectivity index (χ0) is 17.5. The summed E-state index contributed by atoms with van der Waals surface area (Å²) in [6.07, 6.45) is 8.52. The fourth-order valence-corrected chi connectivity index (χ4v) is 4.26. The predicted octanol–water partition coefficient (Wildman–Crippen LogP) is 4.37. The van der Waals surface area contributed by atoms with Crippen LogP contribution in [0, 0.1) is 5.92 Å². The summed E-state index contributed by atoms with van der Waals surface area (Å²) in [6, 6.07) is 8.10. The molecule has 1 aliphatic carbocycles. The smallest absolute Gasteiger partial charge is 0.230 e. The summed E-state index contributed by atoms with van der Waals surface area (Å²) < 4.78 is 0. The van der Waals surface area contributed by atoms with Crippen molar-refractivity contribution in [1.82, 2.24) is 15.3 Å². The van der Waals surface area contributed by atoms with Crippen molar-refractivity contribution in [1.29, 1.82) is 0 Å². The van der Waals surface area contributed by atoms with E-state index in [0.29, 0.717) is 5.75 Å². The van der Waals surface area contributed by atoms with Crippen molar-refractivity contribution in [3.8, 4) is 0 Å². The van der Waals surface area contributed by atoms with Crippen LogP contribution in [0.25, 0.3) is 10.9 Å². The molecule has 5 heteroatoms. The van der Waals surface area contributed by atoms with Crippen molar-refractivity contribution in [3.63, 3.8) is 0 Å². The summed E-state index contributed by atoms with van der Waals surface area (Å²) in [5.41, 5.74) is 0.982. The number of hydrogen-bond donors (Lipinski definition) is 1. The Morgan fingerprint density at radius 3 is 2.84 bits per heavy atom. The Morgan fingerprint density at radius 2 is 2.04 bits per heavy atom. The highest BCUT2D eigenvalue weighted by molar-refractivity contribution is 8.00. The number of nitrogens with zero attached hydrogens (tertiary/aromatic N) is 2. The largest absolute Gasteiger partial charge is 0.355 e. The van der Waals surface area contributed by atoms with Crippen molar-refractivity contribution in [2.24, 2.45) is 5.92 Å². The molecular weight excluding hydrogens is 330 g/mol. The summed E-state index contributed by atoms with van der Waals surface area (Å²) in [7, 11) is 0. The lowest BCUT2D eigenvalue weighted by molar-refractivity contribution is -0.118. The fourth-order valence-electron chi connectivity index (χ4n) is 3.40. The third kappa shape index (κ3) is 5.18. The number of aryl methyl sites for hydroxylation is 1. The molecule has 0 aliphatic heterocycles. The first-order chi connectivity index (χ1) is 12.3. The van der Waals surface area contributed by atoms with E-state index in [9.17, 15) is 4.79 Å². The zero-order valence-electron chi connectivity index (χ0n) is 15.0. The predicted molar refractivity (Wildman–Crippen MR) is 104 cm³/mol. The Hall–Kier alpha value is -1.62. The second-order valence-electron chi connectivity index (χ2n) is 6.79. The third-order valence-electron chi connectivity index (χ3n) is 4.78. The van der Waals surface area contributed by atoms with Gasteiger partial charge in [-0.25, -0.2) is 9.97 Å². The molecular formula is C20H27N3OS. The number of carbonyl (C=O) groups excluding carboxylic acids is 1. The van der Waals surface area contributed by atoms with E-state index < -0.39 is 0 Å². The first kappa shape index (κ1) is 18.2. The van der Waals surface area contributed by atoms with Crippen molar-refractivity contribution in [2.75, 3.05) is 12.3 Å². The minimum absolute atomic E-state index is 0.0713. The lowest BCUT2D eigenvalue weighted by Crippen LogP contribution is -2.25. The number of rotatable bonds is 8. The number of aromatic nitrogens is 2. The molecule has 1 aromatic heterocycles. The van der Waals surface area contributed by atoms with E-state index in [1.807, 2.05) is 24.3 Å². The van der Waals surface area contributed by atoms with E-state index in [1.54, 1.807) is 0 Å². The first-order valence-corrected chi connectivity index (χ1v) is 10.4. The Morgan fingerprint density at radius 1 is 1.24 bits per heavy atom. The molecule has 1 saturated carbocycles. The fraction of sp³-hybridized carbons (Fsp3) is 0.550. The highest BCUT2D eigenvalue weighted by Crippen LogP contribution is 2.29. The van der Waals surface area contributed by atoms with E-state index in [4.69, 9.17) is 9.97 Å². The van der Waals surface area contributed by atoms with Gasteiger partial charge in [0.25, 0.3) is 0 Å². The van der Waals surface area contributed by atoms with Gasteiger partial charge in [-0.1, -0.05) is 62.6 Å². The SMILES string of the molecule is CCCNC(=O)CSc1nc(CCC2CCCC2)nc2ccccc12. The van der Waals surface area contributed by atoms with Gasteiger partial charge < -0.3 is 5.32 Å². The van der Waals surface area contributed by atoms with Crippen molar-refractivity contribution >= 4 is 28.6 Å². The van der Waals surface area contributed by atoms with E-state index in [0.717, 1.165) is 47.1 Å². The summed E-state index contributed by atoms with van der Waals surface area (Å²) in [4.78, 5) is 21.5. The molecule has 1 fully saturated rings. The second kappa shape index (κ2) is 9.18. The molecule has 25 heavy (non-hydrogen) atoms. The molecule has 1 heterocycles. The summed E-state index contributed by atoms with van der Waals surface area (Å²) in [5, 5.41) is 4.90. The maximum atomic E-state index is 11.9. The quantitative estimate of drug-likeness (QED) is 0.563. The van der Waals surface area contributed by atoms with Gasteiger partial charge in [0.1, 0.15) is 10.9 Å². The highest BCUT2D eigenvalue weighted by Gasteiger charge is 2.16. The van der Waals surface area contributed by atoms with Crippen LogP contribution in [-0.2, 0) is 11.2 Å². The maximum Gasteiger partial charge on any atom is 0.230 e. The molecule has 0 saturated heterocycles. The molecule has 0 atom stereocenters. The summed E-state index contributed by atoms with van der Waals surface area (Å²) in [5.74, 6) is 2.23. The molecule has 0 bridgehead atoms. The molecule has 1 amide bonds. The normalized spacial score (nSPS) is 14.9. The monoisotopic (exact) mass is 357 g/mol. The molecule has 1 aliphatic rings. The Balaban J connectivity index is 1.71. The topological polar surface area (TPSA) is 54.9 Å². The number of amides is 1. The van der Waals surface area contributed by atoms with Crippen molar-refractivity contribution in [3.05, 3.63) is 30.1 Å². The van der Waals surface area contributed by atoms with Crippen LogP contribution in [0.3, 0.4) is 0 Å².